The molecule has 154 valence electrons. The number of rotatable bonds is 3. The first-order chi connectivity index (χ1) is 14.6. The second kappa shape index (κ2) is 6.32. The smallest absolute Gasteiger partial charge is 0.340 e. The Morgan fingerprint density at radius 1 is 1.30 bits per heavy atom. The molecule has 30 heavy (non-hydrogen) atoms. The Balaban J connectivity index is 1.46. The fourth-order valence-electron chi connectivity index (χ4n) is 6.15. The number of pyridine rings is 1. The number of esters is 1. The van der Waals surface area contributed by atoms with Crippen molar-refractivity contribution in [1.82, 2.24) is 9.88 Å². The predicted molar refractivity (Wildman–Crippen MR) is 110 cm³/mol. The van der Waals surface area contributed by atoms with E-state index in [1.807, 2.05) is 12.1 Å². The van der Waals surface area contributed by atoms with Crippen LogP contribution >= 0.6 is 0 Å². The van der Waals surface area contributed by atoms with Crippen molar-refractivity contribution in [3.63, 3.8) is 0 Å². The number of carbonyl (C=O) groups excluding carboxylic acids is 1. The number of hydrogen-bond acceptors (Lipinski definition) is 6. The van der Waals surface area contributed by atoms with Gasteiger partial charge in [0.25, 0.3) is 0 Å². The molecule has 3 heterocycles. The molecule has 4 aliphatic rings. The van der Waals surface area contributed by atoms with E-state index in [-0.39, 0.29) is 17.5 Å². The molecule has 6 heteroatoms. The predicted octanol–water partition coefficient (Wildman–Crippen LogP) is 2.76. The molecule has 2 aromatic rings. The van der Waals surface area contributed by atoms with Crippen molar-refractivity contribution in [2.24, 2.45) is 5.92 Å². The monoisotopic (exact) mass is 404 g/mol. The van der Waals surface area contributed by atoms with Gasteiger partial charge in [-0.15, -0.1) is 0 Å². The average Bonchev–Trinajstić information content (AvgIpc) is 3.13. The van der Waals surface area contributed by atoms with Crippen molar-refractivity contribution in [2.75, 3.05) is 20.7 Å². The first-order valence-corrected chi connectivity index (χ1v) is 10.5. The summed E-state index contributed by atoms with van der Waals surface area (Å²) in [5.41, 5.74) is 2.86. The Labute approximate surface area is 175 Å². The molecule has 2 bridgehead atoms. The van der Waals surface area contributed by atoms with E-state index in [1.54, 1.807) is 25.4 Å². The van der Waals surface area contributed by atoms with E-state index in [0.29, 0.717) is 17.5 Å². The summed E-state index contributed by atoms with van der Waals surface area (Å²) in [5, 5.41) is 0. The molecule has 1 aromatic carbocycles. The molecule has 1 fully saturated rings. The molecule has 6 rings (SSSR count). The number of carbonyl (C=O) groups is 1. The SMILES string of the molecule is COc1ccc2c3c1O[C@@H]1[C@@H](OC(=O)c4cccnc4)C=C[C@H]4[C@@H](C2)N(C)CC[C@]314. The minimum absolute atomic E-state index is 0.191. The van der Waals surface area contributed by atoms with Gasteiger partial charge in [0.15, 0.2) is 17.6 Å². The van der Waals surface area contributed by atoms with Crippen LogP contribution in [0.4, 0.5) is 0 Å². The molecular weight excluding hydrogens is 380 g/mol. The average molecular weight is 404 g/mol. The van der Waals surface area contributed by atoms with Crippen LogP contribution in [-0.2, 0) is 16.6 Å². The van der Waals surface area contributed by atoms with Crippen molar-refractivity contribution < 1.29 is 19.0 Å². The van der Waals surface area contributed by atoms with Gasteiger partial charge in [-0.2, -0.15) is 0 Å². The van der Waals surface area contributed by atoms with E-state index in [2.05, 4.69) is 29.1 Å². The number of ether oxygens (including phenoxy) is 3. The zero-order chi connectivity index (χ0) is 20.5. The minimum Gasteiger partial charge on any atom is -0.493 e. The molecule has 0 N–H and O–H groups in total. The van der Waals surface area contributed by atoms with Gasteiger partial charge in [-0.25, -0.2) is 4.79 Å². The highest BCUT2D eigenvalue weighted by molar-refractivity contribution is 5.89. The molecule has 2 aliphatic carbocycles. The van der Waals surface area contributed by atoms with Crippen LogP contribution in [0, 0.1) is 5.92 Å². The standard InChI is InChI=1S/C24H24N2O4/c1-26-11-9-24-16-6-8-19(29-23(27)15-4-3-10-25-13-15)22(24)30-21-18(28-2)7-5-14(20(21)24)12-17(16)26/h3-8,10,13,16-17,19,22H,9,11-12H2,1-2H3/t16-,17+,19-,22+,24-/m0/s1. The fraction of sp³-hybridized carbons (Fsp3) is 0.417. The minimum atomic E-state index is -0.457. The molecule has 5 atom stereocenters. The summed E-state index contributed by atoms with van der Waals surface area (Å²) in [6, 6.07) is 8.07. The van der Waals surface area contributed by atoms with E-state index in [0.717, 1.165) is 30.9 Å². The molecule has 0 radical (unpaired) electrons. The number of aromatic nitrogens is 1. The fourth-order valence-corrected chi connectivity index (χ4v) is 6.15. The van der Waals surface area contributed by atoms with Crippen LogP contribution < -0.4 is 9.47 Å². The van der Waals surface area contributed by atoms with E-state index >= 15 is 0 Å². The molecule has 1 saturated heterocycles. The van der Waals surface area contributed by atoms with Gasteiger partial charge >= 0.3 is 5.97 Å². The normalized spacial score (nSPS) is 32.9. The first kappa shape index (κ1) is 18.0. The molecular formula is C24H24N2O4. The summed E-state index contributed by atoms with van der Waals surface area (Å²) in [6.45, 7) is 0.994. The summed E-state index contributed by atoms with van der Waals surface area (Å²) in [7, 11) is 3.89. The number of benzene rings is 1. The van der Waals surface area contributed by atoms with Crippen LogP contribution in [0.2, 0.25) is 0 Å². The van der Waals surface area contributed by atoms with Crippen molar-refractivity contribution in [1.29, 1.82) is 0 Å². The summed E-state index contributed by atoms with van der Waals surface area (Å²) in [5.74, 6) is 1.54. The molecule has 0 amide bonds. The quantitative estimate of drug-likeness (QED) is 0.579. The third-order valence-electron chi connectivity index (χ3n) is 7.48. The molecule has 2 aliphatic heterocycles. The van der Waals surface area contributed by atoms with Gasteiger partial charge in [0.1, 0.15) is 6.10 Å². The van der Waals surface area contributed by atoms with Crippen molar-refractivity contribution >= 4 is 5.97 Å². The van der Waals surface area contributed by atoms with Gasteiger partial charge in [0, 0.05) is 35.3 Å². The Morgan fingerprint density at radius 2 is 2.20 bits per heavy atom. The Hall–Kier alpha value is -2.86. The van der Waals surface area contributed by atoms with E-state index in [1.165, 1.54) is 17.3 Å². The summed E-state index contributed by atoms with van der Waals surface area (Å²) in [4.78, 5) is 19.3. The van der Waals surface area contributed by atoms with E-state index < -0.39 is 6.10 Å². The van der Waals surface area contributed by atoms with Crippen LogP contribution in [0.1, 0.15) is 27.9 Å². The van der Waals surface area contributed by atoms with E-state index in [4.69, 9.17) is 14.2 Å². The Morgan fingerprint density at radius 3 is 3.00 bits per heavy atom. The van der Waals surface area contributed by atoms with Gasteiger partial charge < -0.3 is 19.1 Å². The van der Waals surface area contributed by atoms with Crippen molar-refractivity contribution in [3.8, 4) is 11.5 Å². The largest absolute Gasteiger partial charge is 0.493 e. The lowest BCUT2D eigenvalue weighted by Gasteiger charge is -2.56. The maximum Gasteiger partial charge on any atom is 0.340 e. The molecule has 0 unspecified atom stereocenters. The maximum atomic E-state index is 12.8. The van der Waals surface area contributed by atoms with Gasteiger partial charge in [-0.1, -0.05) is 12.1 Å². The third-order valence-corrected chi connectivity index (χ3v) is 7.48. The summed E-state index contributed by atoms with van der Waals surface area (Å²) >= 11 is 0. The Bertz CT molecular complexity index is 1050. The topological polar surface area (TPSA) is 60.9 Å². The van der Waals surface area contributed by atoms with Gasteiger partial charge in [-0.3, -0.25) is 4.98 Å². The van der Waals surface area contributed by atoms with Crippen LogP contribution in [-0.4, -0.2) is 54.8 Å². The van der Waals surface area contributed by atoms with Gasteiger partial charge in [0.05, 0.1) is 12.7 Å². The molecule has 1 aromatic heterocycles. The highest BCUT2D eigenvalue weighted by Gasteiger charge is 2.65. The van der Waals surface area contributed by atoms with Crippen LogP contribution in [0.15, 0.2) is 48.8 Å². The molecule has 0 saturated carbocycles. The zero-order valence-corrected chi connectivity index (χ0v) is 17.1. The third kappa shape index (κ3) is 2.23. The number of methoxy groups -OCH3 is 1. The van der Waals surface area contributed by atoms with Crippen molar-refractivity contribution in [2.45, 2.75) is 36.5 Å². The molecule has 6 nitrogen and oxygen atoms in total. The zero-order valence-electron chi connectivity index (χ0n) is 17.1. The second-order valence-electron chi connectivity index (χ2n) is 8.73. The van der Waals surface area contributed by atoms with Gasteiger partial charge in [0.2, 0.25) is 0 Å². The lowest BCUT2D eigenvalue weighted by Crippen LogP contribution is -2.65. The number of hydrogen-bond donors (Lipinski definition) is 0. The van der Waals surface area contributed by atoms with Crippen LogP contribution in [0.25, 0.3) is 0 Å². The highest BCUT2D eigenvalue weighted by atomic mass is 16.6. The number of likely N-dealkylation sites (tertiary alicyclic amines) is 1. The lowest BCUT2D eigenvalue weighted by molar-refractivity contribution is -0.0555. The van der Waals surface area contributed by atoms with Crippen LogP contribution in [0.5, 0.6) is 11.5 Å². The second-order valence-corrected chi connectivity index (χ2v) is 8.73. The van der Waals surface area contributed by atoms with Crippen molar-refractivity contribution in [3.05, 3.63) is 65.5 Å². The highest BCUT2D eigenvalue weighted by Crippen LogP contribution is 2.62. The van der Waals surface area contributed by atoms with Gasteiger partial charge in [-0.05, 0) is 56.3 Å². The van der Waals surface area contributed by atoms with E-state index in [9.17, 15) is 4.79 Å². The summed E-state index contributed by atoms with van der Waals surface area (Å²) in [6.07, 6.45) is 8.72. The number of piperidine rings is 1. The maximum absolute atomic E-state index is 12.8. The lowest BCUT2D eigenvalue weighted by atomic mass is 9.53. The van der Waals surface area contributed by atoms with Crippen LogP contribution in [0.3, 0.4) is 0 Å². The first-order valence-electron chi connectivity index (χ1n) is 10.5. The Kier molecular flexibility index (Phi) is 3.78. The summed E-state index contributed by atoms with van der Waals surface area (Å²) < 4.78 is 18.2. The number of nitrogens with zero attached hydrogens (tertiary/aromatic N) is 2. The number of likely N-dealkylation sites (N-methyl/N-ethyl adjacent to an activating group) is 1. The molecule has 1 spiro atoms.